The Hall–Kier alpha value is -3.22. The molecule has 0 saturated heterocycles. The number of nitro groups is 1. The number of amides is 2. The van der Waals surface area contributed by atoms with Crippen LogP contribution in [0, 0.1) is 10.1 Å². The lowest BCUT2D eigenvalue weighted by Gasteiger charge is -2.18. The summed E-state index contributed by atoms with van der Waals surface area (Å²) in [7, 11) is 0. The van der Waals surface area contributed by atoms with E-state index in [2.05, 4.69) is 10.6 Å². The van der Waals surface area contributed by atoms with Crippen molar-refractivity contribution >= 4 is 23.2 Å². The number of nitrogens with zero attached hydrogens (tertiary/aromatic N) is 1. The lowest BCUT2D eigenvalue weighted by Crippen LogP contribution is -2.29. The normalized spacial score (nSPS) is 11.4. The number of nitrogens with one attached hydrogen (secondary N) is 2. The van der Waals surface area contributed by atoms with Crippen molar-refractivity contribution in [2.24, 2.45) is 0 Å². The lowest BCUT2D eigenvalue weighted by molar-refractivity contribution is -0.384. The van der Waals surface area contributed by atoms with Gasteiger partial charge in [0, 0.05) is 24.7 Å². The lowest BCUT2D eigenvalue weighted by atomic mass is 10.0. The van der Waals surface area contributed by atoms with Gasteiger partial charge in [0.2, 0.25) is 11.8 Å². The molecule has 0 radical (unpaired) electrons. The van der Waals surface area contributed by atoms with Gasteiger partial charge in [-0.15, -0.1) is 0 Å². The van der Waals surface area contributed by atoms with Crippen LogP contribution in [0.25, 0.3) is 0 Å². The van der Waals surface area contributed by atoms with Crippen LogP contribution in [0.15, 0.2) is 54.6 Å². The minimum atomic E-state index is -0.528. The molecule has 2 aromatic rings. The number of hydrogen-bond donors (Lipinski definition) is 2. The van der Waals surface area contributed by atoms with Gasteiger partial charge >= 0.3 is 0 Å². The predicted octanol–water partition coefficient (Wildman–Crippen LogP) is 2.80. The fraction of sp³-hybridized carbons (Fsp3) is 0.176. The van der Waals surface area contributed by atoms with Crippen LogP contribution in [0.5, 0.6) is 0 Å². The first-order valence-electron chi connectivity index (χ1n) is 7.32. The van der Waals surface area contributed by atoms with Crippen LogP contribution in [-0.4, -0.2) is 16.7 Å². The molecule has 1 atom stereocenters. The number of anilines is 1. The fourth-order valence-corrected chi connectivity index (χ4v) is 2.28. The second kappa shape index (κ2) is 7.87. The van der Waals surface area contributed by atoms with Crippen molar-refractivity contribution in [2.75, 3.05) is 5.32 Å². The van der Waals surface area contributed by atoms with Gasteiger partial charge in [-0.25, -0.2) is 0 Å². The summed E-state index contributed by atoms with van der Waals surface area (Å²) in [5.74, 6) is -0.592. The zero-order valence-corrected chi connectivity index (χ0v) is 13.1. The third-order valence-electron chi connectivity index (χ3n) is 3.31. The number of hydrogen-bond acceptors (Lipinski definition) is 4. The predicted molar refractivity (Wildman–Crippen MR) is 89.3 cm³/mol. The zero-order chi connectivity index (χ0) is 17.5. The van der Waals surface area contributed by atoms with Gasteiger partial charge in [-0.05, 0) is 11.6 Å². The third kappa shape index (κ3) is 4.91. The Labute approximate surface area is 138 Å². The first kappa shape index (κ1) is 17.1. The van der Waals surface area contributed by atoms with Crippen LogP contribution in [-0.2, 0) is 9.59 Å². The largest absolute Gasteiger partial charge is 0.349 e. The maximum absolute atomic E-state index is 12.2. The highest BCUT2D eigenvalue weighted by atomic mass is 16.6. The Balaban J connectivity index is 2.09. The molecule has 2 aromatic carbocycles. The summed E-state index contributed by atoms with van der Waals surface area (Å²) in [5, 5.41) is 16.1. The van der Waals surface area contributed by atoms with E-state index in [9.17, 15) is 19.7 Å². The summed E-state index contributed by atoms with van der Waals surface area (Å²) in [5.41, 5.74) is 1.04. The molecular weight excluding hydrogens is 310 g/mol. The number of benzene rings is 2. The molecule has 0 saturated carbocycles. The Morgan fingerprint density at radius 1 is 1.12 bits per heavy atom. The Morgan fingerprint density at radius 2 is 1.83 bits per heavy atom. The van der Waals surface area contributed by atoms with Crippen LogP contribution < -0.4 is 10.6 Å². The standard InChI is InChI=1S/C17H17N3O4/c1-12(21)18-16(13-6-3-2-4-7-13)11-17(22)19-14-8-5-9-15(10-14)20(23)24/h2-10,16H,11H2,1H3,(H,18,21)(H,19,22). The Bertz CT molecular complexity index is 747. The Kier molecular flexibility index (Phi) is 5.62. The van der Waals surface area contributed by atoms with Crippen LogP contribution in [0.4, 0.5) is 11.4 Å². The van der Waals surface area contributed by atoms with Gasteiger partial charge in [-0.2, -0.15) is 0 Å². The average molecular weight is 327 g/mol. The van der Waals surface area contributed by atoms with E-state index in [1.807, 2.05) is 30.3 Å². The van der Waals surface area contributed by atoms with Crippen molar-refractivity contribution in [1.29, 1.82) is 0 Å². The molecular formula is C17H17N3O4. The molecule has 2 rings (SSSR count). The molecule has 7 nitrogen and oxygen atoms in total. The van der Waals surface area contributed by atoms with Gasteiger partial charge in [0.05, 0.1) is 17.4 Å². The van der Waals surface area contributed by atoms with E-state index in [4.69, 9.17) is 0 Å². The summed E-state index contributed by atoms with van der Waals surface area (Å²) < 4.78 is 0. The minimum Gasteiger partial charge on any atom is -0.349 e. The molecule has 1 unspecified atom stereocenters. The molecule has 0 bridgehead atoms. The van der Waals surface area contributed by atoms with Crippen LogP contribution in [0.1, 0.15) is 24.9 Å². The SMILES string of the molecule is CC(=O)NC(CC(=O)Nc1cccc([N+](=O)[O-])c1)c1ccccc1. The first-order chi connectivity index (χ1) is 11.5. The van der Waals surface area contributed by atoms with E-state index >= 15 is 0 Å². The van der Waals surface area contributed by atoms with E-state index in [0.717, 1.165) is 5.56 Å². The summed E-state index contributed by atoms with van der Waals surface area (Å²) in [6.45, 7) is 1.38. The van der Waals surface area contributed by atoms with Gasteiger partial charge in [0.25, 0.3) is 5.69 Å². The molecule has 0 spiro atoms. The second-order valence-electron chi connectivity index (χ2n) is 5.22. The molecule has 24 heavy (non-hydrogen) atoms. The Morgan fingerprint density at radius 3 is 2.46 bits per heavy atom. The molecule has 0 aliphatic rings. The van der Waals surface area contributed by atoms with Crippen molar-refractivity contribution in [3.8, 4) is 0 Å². The fourth-order valence-electron chi connectivity index (χ4n) is 2.28. The molecule has 0 heterocycles. The van der Waals surface area contributed by atoms with Crippen LogP contribution in [0.2, 0.25) is 0 Å². The van der Waals surface area contributed by atoms with Gasteiger partial charge < -0.3 is 10.6 Å². The van der Waals surface area contributed by atoms with E-state index in [1.165, 1.54) is 25.1 Å². The number of non-ortho nitro benzene ring substituents is 1. The third-order valence-corrected chi connectivity index (χ3v) is 3.31. The van der Waals surface area contributed by atoms with E-state index < -0.39 is 11.0 Å². The molecule has 124 valence electrons. The summed E-state index contributed by atoms with van der Waals surface area (Å²) in [6.07, 6.45) is 0.0201. The number of rotatable bonds is 6. The van der Waals surface area contributed by atoms with Gasteiger partial charge in [0.1, 0.15) is 0 Å². The molecule has 0 aliphatic heterocycles. The molecule has 0 fully saturated rings. The zero-order valence-electron chi connectivity index (χ0n) is 13.1. The highest BCUT2D eigenvalue weighted by Gasteiger charge is 2.17. The monoisotopic (exact) mass is 327 g/mol. The summed E-state index contributed by atoms with van der Waals surface area (Å²) in [4.78, 5) is 33.8. The quantitative estimate of drug-likeness (QED) is 0.629. The van der Waals surface area contributed by atoms with Gasteiger partial charge in [-0.3, -0.25) is 19.7 Å². The van der Waals surface area contributed by atoms with E-state index in [-0.39, 0.29) is 23.9 Å². The summed E-state index contributed by atoms with van der Waals surface area (Å²) in [6, 6.07) is 14.4. The number of nitro benzene ring substituents is 1. The average Bonchev–Trinajstić information content (AvgIpc) is 2.55. The highest BCUT2D eigenvalue weighted by molar-refractivity contribution is 5.91. The van der Waals surface area contributed by atoms with E-state index in [0.29, 0.717) is 5.69 Å². The van der Waals surface area contributed by atoms with Crippen molar-refractivity contribution in [2.45, 2.75) is 19.4 Å². The first-order valence-corrected chi connectivity index (χ1v) is 7.32. The second-order valence-corrected chi connectivity index (χ2v) is 5.22. The van der Waals surface area contributed by atoms with Crippen LogP contribution in [0.3, 0.4) is 0 Å². The number of carbonyl (C=O) groups is 2. The highest BCUT2D eigenvalue weighted by Crippen LogP contribution is 2.20. The van der Waals surface area contributed by atoms with Crippen molar-refractivity contribution in [3.05, 3.63) is 70.3 Å². The van der Waals surface area contributed by atoms with Crippen molar-refractivity contribution in [1.82, 2.24) is 5.32 Å². The smallest absolute Gasteiger partial charge is 0.271 e. The van der Waals surface area contributed by atoms with Gasteiger partial charge in [0.15, 0.2) is 0 Å². The maximum Gasteiger partial charge on any atom is 0.271 e. The molecule has 0 aliphatic carbocycles. The minimum absolute atomic E-state index is 0.0201. The van der Waals surface area contributed by atoms with E-state index in [1.54, 1.807) is 6.07 Å². The number of carbonyl (C=O) groups excluding carboxylic acids is 2. The molecule has 0 aromatic heterocycles. The molecule has 2 amide bonds. The van der Waals surface area contributed by atoms with Crippen molar-refractivity contribution in [3.63, 3.8) is 0 Å². The maximum atomic E-state index is 12.2. The van der Waals surface area contributed by atoms with Crippen molar-refractivity contribution < 1.29 is 14.5 Å². The topological polar surface area (TPSA) is 101 Å². The molecule has 7 heteroatoms. The summed E-state index contributed by atoms with van der Waals surface area (Å²) >= 11 is 0. The van der Waals surface area contributed by atoms with Gasteiger partial charge in [-0.1, -0.05) is 36.4 Å². The van der Waals surface area contributed by atoms with Crippen LogP contribution >= 0.6 is 0 Å². The molecule has 2 N–H and O–H groups in total.